The Bertz CT molecular complexity index is 423. The van der Waals surface area contributed by atoms with Crippen LogP contribution in [-0.4, -0.2) is 35.0 Å². The number of carbonyl (C=O) groups excluding carboxylic acids is 1. The summed E-state index contributed by atoms with van der Waals surface area (Å²) in [5.74, 6) is -0.0924. The Balaban J connectivity index is 0.00000144. The number of nitrogens with two attached hydrogens (primary N) is 1. The summed E-state index contributed by atoms with van der Waals surface area (Å²) in [4.78, 5) is 13.8. The minimum Gasteiger partial charge on any atom is -0.507 e. The molecule has 1 aromatic carbocycles. The number of carbonyl (C=O) groups is 1. The zero-order valence-corrected chi connectivity index (χ0v) is 10.5. The van der Waals surface area contributed by atoms with E-state index in [0.29, 0.717) is 18.7 Å². The lowest BCUT2D eigenvalue weighted by Gasteiger charge is -2.16. The molecule has 0 aliphatic carbocycles. The zero-order chi connectivity index (χ0) is 11.7. The normalized spacial score (nSPS) is 18.9. The second-order valence-electron chi connectivity index (χ2n) is 4.32. The highest BCUT2D eigenvalue weighted by atomic mass is 35.5. The van der Waals surface area contributed by atoms with Crippen LogP contribution in [0.3, 0.4) is 0 Å². The second kappa shape index (κ2) is 5.38. The first kappa shape index (κ1) is 13.8. The quantitative estimate of drug-likeness (QED) is 0.796. The van der Waals surface area contributed by atoms with Crippen LogP contribution in [0.4, 0.5) is 0 Å². The van der Waals surface area contributed by atoms with Crippen molar-refractivity contribution in [1.29, 1.82) is 0 Å². The molecule has 1 aromatic rings. The molecule has 1 amide bonds. The third kappa shape index (κ3) is 2.90. The SMILES string of the molecule is Cc1ccc(O)c(C(=O)N2CC[C@H](N)C2)c1.Cl. The number of likely N-dealkylation sites (tertiary alicyclic amines) is 1. The van der Waals surface area contributed by atoms with Gasteiger partial charge in [-0.25, -0.2) is 0 Å². The topological polar surface area (TPSA) is 66.6 Å². The summed E-state index contributed by atoms with van der Waals surface area (Å²) in [6.45, 7) is 3.14. The van der Waals surface area contributed by atoms with Gasteiger partial charge in [0, 0.05) is 19.1 Å². The molecule has 1 aliphatic rings. The number of benzene rings is 1. The zero-order valence-electron chi connectivity index (χ0n) is 9.72. The highest BCUT2D eigenvalue weighted by Gasteiger charge is 2.25. The van der Waals surface area contributed by atoms with Crippen molar-refractivity contribution in [2.75, 3.05) is 13.1 Å². The number of phenolic OH excluding ortho intramolecular Hbond substituents is 1. The van der Waals surface area contributed by atoms with Gasteiger partial charge in [0.25, 0.3) is 5.91 Å². The van der Waals surface area contributed by atoms with E-state index in [1.165, 1.54) is 0 Å². The Kier molecular flexibility index (Phi) is 4.37. The Morgan fingerprint density at radius 3 is 2.82 bits per heavy atom. The molecule has 0 spiro atoms. The van der Waals surface area contributed by atoms with E-state index in [1.54, 1.807) is 23.1 Å². The van der Waals surface area contributed by atoms with Crippen LogP contribution in [0.25, 0.3) is 0 Å². The summed E-state index contributed by atoms with van der Waals surface area (Å²) in [6.07, 6.45) is 0.832. The summed E-state index contributed by atoms with van der Waals surface area (Å²) in [7, 11) is 0. The molecule has 0 radical (unpaired) electrons. The fraction of sp³-hybridized carbons (Fsp3) is 0.417. The average Bonchev–Trinajstić information content (AvgIpc) is 2.67. The van der Waals surface area contributed by atoms with Crippen LogP contribution >= 0.6 is 12.4 Å². The maximum atomic E-state index is 12.1. The van der Waals surface area contributed by atoms with Crippen LogP contribution in [0.1, 0.15) is 22.3 Å². The monoisotopic (exact) mass is 256 g/mol. The van der Waals surface area contributed by atoms with Crippen LogP contribution in [0.15, 0.2) is 18.2 Å². The molecule has 0 saturated carbocycles. The molecule has 4 nitrogen and oxygen atoms in total. The van der Waals surface area contributed by atoms with E-state index in [0.717, 1.165) is 12.0 Å². The number of hydrogen-bond donors (Lipinski definition) is 2. The Morgan fingerprint density at radius 2 is 2.24 bits per heavy atom. The molecular weight excluding hydrogens is 240 g/mol. The van der Waals surface area contributed by atoms with E-state index < -0.39 is 0 Å². The van der Waals surface area contributed by atoms with Crippen molar-refractivity contribution in [1.82, 2.24) is 4.90 Å². The van der Waals surface area contributed by atoms with E-state index in [4.69, 9.17) is 5.73 Å². The molecule has 1 heterocycles. The minimum atomic E-state index is -0.130. The van der Waals surface area contributed by atoms with E-state index in [1.807, 2.05) is 6.92 Å². The highest BCUT2D eigenvalue weighted by Crippen LogP contribution is 2.21. The number of hydrogen-bond acceptors (Lipinski definition) is 3. The van der Waals surface area contributed by atoms with Gasteiger partial charge < -0.3 is 15.7 Å². The van der Waals surface area contributed by atoms with Crippen molar-refractivity contribution in [3.63, 3.8) is 0 Å². The predicted molar refractivity (Wildman–Crippen MR) is 68.6 cm³/mol. The van der Waals surface area contributed by atoms with Gasteiger partial charge in [0.15, 0.2) is 0 Å². The van der Waals surface area contributed by atoms with E-state index in [-0.39, 0.29) is 30.1 Å². The van der Waals surface area contributed by atoms with Gasteiger partial charge >= 0.3 is 0 Å². The maximum absolute atomic E-state index is 12.1. The van der Waals surface area contributed by atoms with E-state index in [9.17, 15) is 9.90 Å². The summed E-state index contributed by atoms with van der Waals surface area (Å²) in [6, 6.07) is 5.11. The Morgan fingerprint density at radius 1 is 1.53 bits per heavy atom. The van der Waals surface area contributed by atoms with Crippen LogP contribution in [0.2, 0.25) is 0 Å². The first-order chi connectivity index (χ1) is 7.58. The molecular formula is C12H17ClN2O2. The van der Waals surface area contributed by atoms with Gasteiger partial charge in [0.2, 0.25) is 0 Å². The molecule has 0 bridgehead atoms. The number of nitrogens with zero attached hydrogens (tertiary/aromatic N) is 1. The van der Waals surface area contributed by atoms with Gasteiger partial charge in [-0.05, 0) is 25.5 Å². The number of rotatable bonds is 1. The molecule has 1 fully saturated rings. The molecule has 0 aromatic heterocycles. The summed E-state index contributed by atoms with van der Waals surface area (Å²) in [5.41, 5.74) is 7.08. The fourth-order valence-corrected chi connectivity index (χ4v) is 1.96. The van der Waals surface area contributed by atoms with Gasteiger partial charge in [0.05, 0.1) is 5.56 Å². The molecule has 3 N–H and O–H groups in total. The summed E-state index contributed by atoms with van der Waals surface area (Å²) in [5, 5.41) is 9.65. The smallest absolute Gasteiger partial charge is 0.257 e. The molecule has 17 heavy (non-hydrogen) atoms. The van der Waals surface area contributed by atoms with Crippen molar-refractivity contribution in [2.24, 2.45) is 5.73 Å². The highest BCUT2D eigenvalue weighted by molar-refractivity contribution is 5.97. The van der Waals surface area contributed by atoms with Crippen LogP contribution in [0, 0.1) is 6.92 Å². The molecule has 1 atom stereocenters. The fourth-order valence-electron chi connectivity index (χ4n) is 1.96. The maximum Gasteiger partial charge on any atom is 0.257 e. The molecule has 5 heteroatoms. The number of amides is 1. The van der Waals surface area contributed by atoms with Crippen molar-refractivity contribution in [3.8, 4) is 5.75 Å². The standard InChI is InChI=1S/C12H16N2O2.ClH/c1-8-2-3-11(15)10(6-8)12(16)14-5-4-9(13)7-14;/h2-3,6,9,15H,4-5,7,13H2,1H3;1H/t9-;/m0./s1. The molecule has 94 valence electrons. The van der Waals surface area contributed by atoms with Gasteiger partial charge in [-0.15, -0.1) is 12.4 Å². The number of aromatic hydroxyl groups is 1. The summed E-state index contributed by atoms with van der Waals surface area (Å²) >= 11 is 0. The second-order valence-corrected chi connectivity index (χ2v) is 4.32. The Hall–Kier alpha value is -1.26. The lowest BCUT2D eigenvalue weighted by atomic mass is 10.1. The lowest BCUT2D eigenvalue weighted by Crippen LogP contribution is -2.31. The van der Waals surface area contributed by atoms with Gasteiger partial charge in [0.1, 0.15) is 5.75 Å². The lowest BCUT2D eigenvalue weighted by molar-refractivity contribution is 0.0788. The molecule has 0 unspecified atom stereocenters. The predicted octanol–water partition coefficient (Wildman–Crippen LogP) is 1.30. The van der Waals surface area contributed by atoms with Crippen molar-refractivity contribution in [3.05, 3.63) is 29.3 Å². The third-order valence-corrected chi connectivity index (χ3v) is 2.89. The van der Waals surface area contributed by atoms with Crippen molar-refractivity contribution < 1.29 is 9.90 Å². The van der Waals surface area contributed by atoms with Gasteiger partial charge in [-0.3, -0.25) is 4.79 Å². The van der Waals surface area contributed by atoms with Crippen LogP contribution < -0.4 is 5.73 Å². The van der Waals surface area contributed by atoms with E-state index in [2.05, 4.69) is 0 Å². The van der Waals surface area contributed by atoms with Crippen LogP contribution in [0.5, 0.6) is 5.75 Å². The number of halogens is 1. The van der Waals surface area contributed by atoms with Crippen LogP contribution in [-0.2, 0) is 0 Å². The van der Waals surface area contributed by atoms with Crippen molar-refractivity contribution >= 4 is 18.3 Å². The van der Waals surface area contributed by atoms with Gasteiger partial charge in [-0.2, -0.15) is 0 Å². The largest absolute Gasteiger partial charge is 0.507 e. The number of phenols is 1. The van der Waals surface area contributed by atoms with E-state index >= 15 is 0 Å². The third-order valence-electron chi connectivity index (χ3n) is 2.89. The van der Waals surface area contributed by atoms with Crippen molar-refractivity contribution in [2.45, 2.75) is 19.4 Å². The first-order valence-electron chi connectivity index (χ1n) is 5.42. The molecule has 2 rings (SSSR count). The number of aryl methyl sites for hydroxylation is 1. The first-order valence-corrected chi connectivity index (χ1v) is 5.42. The van der Waals surface area contributed by atoms with Gasteiger partial charge in [-0.1, -0.05) is 11.6 Å². The molecule has 1 aliphatic heterocycles. The minimum absolute atomic E-state index is 0. The summed E-state index contributed by atoms with van der Waals surface area (Å²) < 4.78 is 0. The average molecular weight is 257 g/mol. The Labute approximate surface area is 107 Å². The molecule has 1 saturated heterocycles.